The molecule has 4 nitrogen and oxygen atoms in total. The minimum atomic E-state index is -3.04. The first-order valence-corrected chi connectivity index (χ1v) is 8.95. The van der Waals surface area contributed by atoms with Crippen LogP contribution in [0.3, 0.4) is 0 Å². The molecule has 0 amide bonds. The molecule has 1 saturated heterocycles. The zero-order valence-corrected chi connectivity index (χ0v) is 12.0. The summed E-state index contributed by atoms with van der Waals surface area (Å²) in [5.74, 6) is 0.828. The molecule has 1 aliphatic carbocycles. The Kier molecular flexibility index (Phi) is 4.67. The molecule has 0 aromatic carbocycles. The maximum atomic E-state index is 11.6. The largest absolute Gasteiger partial charge is 0.393 e. The van der Waals surface area contributed by atoms with Crippen LogP contribution in [0.5, 0.6) is 0 Å². The van der Waals surface area contributed by atoms with Gasteiger partial charge in [-0.15, -0.1) is 0 Å². The topological polar surface area (TPSA) is 57.6 Å². The lowest BCUT2D eigenvalue weighted by Gasteiger charge is -2.35. The second kappa shape index (κ2) is 5.88. The predicted octanol–water partition coefficient (Wildman–Crippen LogP) is 1.60. The van der Waals surface area contributed by atoms with Crippen LogP contribution in [0.2, 0.25) is 0 Å². The number of aliphatic hydroxyl groups excluding tert-OH is 1. The normalized spacial score (nSPS) is 35.6. The molecule has 106 valence electrons. The molecule has 1 N–H and O–H groups in total. The van der Waals surface area contributed by atoms with E-state index in [-0.39, 0.29) is 6.10 Å². The summed E-state index contributed by atoms with van der Waals surface area (Å²) in [6, 6.07) is 0. The number of sulfonamides is 1. The highest BCUT2D eigenvalue weighted by Gasteiger charge is 2.30. The predicted molar refractivity (Wildman–Crippen MR) is 71.7 cm³/mol. The molecule has 0 bridgehead atoms. The highest BCUT2D eigenvalue weighted by molar-refractivity contribution is 7.88. The lowest BCUT2D eigenvalue weighted by Crippen LogP contribution is -2.40. The molecule has 0 aromatic heterocycles. The summed E-state index contributed by atoms with van der Waals surface area (Å²) in [5.41, 5.74) is 0. The van der Waals surface area contributed by atoms with Crippen molar-refractivity contribution >= 4 is 10.0 Å². The van der Waals surface area contributed by atoms with Crippen LogP contribution in [0.15, 0.2) is 0 Å². The van der Waals surface area contributed by atoms with Crippen molar-refractivity contribution in [3.05, 3.63) is 0 Å². The molecule has 1 saturated carbocycles. The molecule has 1 aliphatic heterocycles. The van der Waals surface area contributed by atoms with Crippen LogP contribution in [0.4, 0.5) is 0 Å². The molecule has 0 radical (unpaired) electrons. The first-order valence-electron chi connectivity index (χ1n) is 7.10. The number of piperidine rings is 1. The van der Waals surface area contributed by atoms with Crippen molar-refractivity contribution < 1.29 is 13.5 Å². The van der Waals surface area contributed by atoms with E-state index in [2.05, 4.69) is 0 Å². The summed E-state index contributed by atoms with van der Waals surface area (Å²) in [6.07, 6.45) is 8.58. The van der Waals surface area contributed by atoms with E-state index >= 15 is 0 Å². The van der Waals surface area contributed by atoms with Crippen molar-refractivity contribution in [3.63, 3.8) is 0 Å². The highest BCUT2D eigenvalue weighted by Crippen LogP contribution is 2.33. The Bertz CT molecular complexity index is 368. The first-order chi connectivity index (χ1) is 8.47. The number of hydrogen-bond acceptors (Lipinski definition) is 3. The lowest BCUT2D eigenvalue weighted by molar-refractivity contribution is 0.0502. The van der Waals surface area contributed by atoms with Gasteiger partial charge in [0, 0.05) is 13.1 Å². The van der Waals surface area contributed by atoms with Gasteiger partial charge < -0.3 is 5.11 Å². The van der Waals surface area contributed by atoms with Crippen molar-refractivity contribution in [2.24, 2.45) is 11.8 Å². The van der Waals surface area contributed by atoms with Crippen LogP contribution in [0.1, 0.15) is 44.9 Å². The molecule has 18 heavy (non-hydrogen) atoms. The maximum Gasteiger partial charge on any atom is 0.211 e. The van der Waals surface area contributed by atoms with E-state index in [0.29, 0.717) is 24.9 Å². The van der Waals surface area contributed by atoms with Crippen molar-refractivity contribution in [3.8, 4) is 0 Å². The smallest absolute Gasteiger partial charge is 0.211 e. The minimum Gasteiger partial charge on any atom is -0.393 e. The SMILES string of the molecule is CS(=O)(=O)N1CCCC(CC2CCCCC2O)C1. The Balaban J connectivity index is 1.89. The van der Waals surface area contributed by atoms with E-state index < -0.39 is 10.0 Å². The molecule has 3 atom stereocenters. The number of nitrogens with zero attached hydrogens (tertiary/aromatic N) is 1. The second-order valence-corrected chi connectivity index (χ2v) is 7.96. The van der Waals surface area contributed by atoms with E-state index in [1.165, 1.54) is 12.7 Å². The quantitative estimate of drug-likeness (QED) is 0.851. The van der Waals surface area contributed by atoms with Crippen molar-refractivity contribution in [2.75, 3.05) is 19.3 Å². The van der Waals surface area contributed by atoms with Crippen molar-refractivity contribution in [1.29, 1.82) is 0 Å². The number of aliphatic hydroxyl groups is 1. The maximum absolute atomic E-state index is 11.6. The first kappa shape index (κ1) is 14.3. The van der Waals surface area contributed by atoms with Crippen LogP contribution >= 0.6 is 0 Å². The molecular formula is C13H25NO3S. The molecule has 2 fully saturated rings. The van der Waals surface area contributed by atoms with E-state index in [1.807, 2.05) is 0 Å². The Hall–Kier alpha value is -0.130. The van der Waals surface area contributed by atoms with Gasteiger partial charge in [0.25, 0.3) is 0 Å². The summed E-state index contributed by atoms with van der Waals surface area (Å²) in [5, 5.41) is 9.99. The molecule has 5 heteroatoms. The zero-order chi connectivity index (χ0) is 13.2. The lowest BCUT2D eigenvalue weighted by atomic mass is 9.79. The molecular weight excluding hydrogens is 250 g/mol. The highest BCUT2D eigenvalue weighted by atomic mass is 32.2. The average Bonchev–Trinajstić information content (AvgIpc) is 2.31. The van der Waals surface area contributed by atoms with Crippen LogP contribution in [0, 0.1) is 11.8 Å². The Morgan fingerprint density at radius 1 is 1.17 bits per heavy atom. The van der Waals surface area contributed by atoms with Gasteiger partial charge in [0.15, 0.2) is 0 Å². The van der Waals surface area contributed by atoms with Gasteiger partial charge >= 0.3 is 0 Å². The third kappa shape index (κ3) is 3.68. The average molecular weight is 275 g/mol. The van der Waals surface area contributed by atoms with Gasteiger partial charge in [0.1, 0.15) is 0 Å². The molecule has 3 unspecified atom stereocenters. The molecule has 1 heterocycles. The summed E-state index contributed by atoms with van der Waals surface area (Å²) < 4.78 is 24.7. The van der Waals surface area contributed by atoms with E-state index in [1.54, 1.807) is 4.31 Å². The fourth-order valence-corrected chi connectivity index (χ4v) is 4.35. The third-order valence-electron chi connectivity index (χ3n) is 4.46. The van der Waals surface area contributed by atoms with Crippen LogP contribution < -0.4 is 0 Å². The van der Waals surface area contributed by atoms with E-state index in [0.717, 1.165) is 38.5 Å². The fourth-order valence-electron chi connectivity index (χ4n) is 3.41. The van der Waals surface area contributed by atoms with Gasteiger partial charge in [-0.2, -0.15) is 0 Å². The zero-order valence-electron chi connectivity index (χ0n) is 11.2. The van der Waals surface area contributed by atoms with Crippen molar-refractivity contribution in [2.45, 2.75) is 51.0 Å². The summed E-state index contributed by atoms with van der Waals surface area (Å²) in [7, 11) is -3.04. The summed E-state index contributed by atoms with van der Waals surface area (Å²) >= 11 is 0. The van der Waals surface area contributed by atoms with Gasteiger partial charge in [-0.3, -0.25) is 0 Å². The summed E-state index contributed by atoms with van der Waals surface area (Å²) in [4.78, 5) is 0. The number of hydrogen-bond donors (Lipinski definition) is 1. The third-order valence-corrected chi connectivity index (χ3v) is 5.73. The van der Waals surface area contributed by atoms with E-state index in [4.69, 9.17) is 0 Å². The van der Waals surface area contributed by atoms with Gasteiger partial charge in [0.2, 0.25) is 10.0 Å². The number of rotatable bonds is 3. The fraction of sp³-hybridized carbons (Fsp3) is 1.00. The van der Waals surface area contributed by atoms with Crippen molar-refractivity contribution in [1.82, 2.24) is 4.31 Å². The molecule has 0 aromatic rings. The van der Waals surface area contributed by atoms with E-state index in [9.17, 15) is 13.5 Å². The monoisotopic (exact) mass is 275 g/mol. The Morgan fingerprint density at radius 2 is 1.89 bits per heavy atom. The van der Waals surface area contributed by atoms with Crippen LogP contribution in [0.25, 0.3) is 0 Å². The molecule has 2 rings (SSSR count). The summed E-state index contributed by atoms with van der Waals surface area (Å²) in [6.45, 7) is 1.32. The minimum absolute atomic E-state index is 0.160. The standard InChI is InChI=1S/C13H25NO3S/c1-18(16,17)14-8-4-5-11(10-14)9-12-6-2-3-7-13(12)15/h11-13,15H,2-10H2,1H3. The Morgan fingerprint density at radius 3 is 2.56 bits per heavy atom. The van der Waals surface area contributed by atoms with Crippen LogP contribution in [-0.4, -0.2) is 43.3 Å². The van der Waals surface area contributed by atoms with Gasteiger partial charge in [-0.25, -0.2) is 12.7 Å². The van der Waals surface area contributed by atoms with Gasteiger partial charge in [-0.1, -0.05) is 12.8 Å². The van der Waals surface area contributed by atoms with Crippen LogP contribution in [-0.2, 0) is 10.0 Å². The second-order valence-electron chi connectivity index (χ2n) is 5.98. The molecule has 2 aliphatic rings. The Labute approximate surface area is 110 Å². The van der Waals surface area contributed by atoms with Gasteiger partial charge in [0.05, 0.1) is 12.4 Å². The van der Waals surface area contributed by atoms with Gasteiger partial charge in [-0.05, 0) is 43.9 Å². The molecule has 0 spiro atoms.